The van der Waals surface area contributed by atoms with Crippen LogP contribution >= 0.6 is 11.8 Å². The van der Waals surface area contributed by atoms with Gasteiger partial charge < -0.3 is 0 Å². The highest BCUT2D eigenvalue weighted by atomic mass is 32.2. The second-order valence-corrected chi connectivity index (χ2v) is 11.5. The van der Waals surface area contributed by atoms with Crippen molar-refractivity contribution in [1.29, 1.82) is 0 Å². The van der Waals surface area contributed by atoms with Crippen molar-refractivity contribution < 1.29 is 4.79 Å². The first-order valence-electron chi connectivity index (χ1n) is 13.0. The first kappa shape index (κ1) is 24.6. The van der Waals surface area contributed by atoms with Gasteiger partial charge in [0, 0.05) is 21.9 Å². The summed E-state index contributed by atoms with van der Waals surface area (Å²) in [6, 6.07) is 30.9. The lowest BCUT2D eigenvalue weighted by atomic mass is 9.75. The van der Waals surface area contributed by atoms with E-state index >= 15 is 0 Å². The highest BCUT2D eigenvalue weighted by Gasteiger charge is 2.36. The van der Waals surface area contributed by atoms with Gasteiger partial charge in [-0.05, 0) is 48.8 Å². The Morgan fingerprint density at radius 2 is 1.53 bits per heavy atom. The van der Waals surface area contributed by atoms with Gasteiger partial charge in [-0.25, -0.2) is 0 Å². The van der Waals surface area contributed by atoms with Crippen molar-refractivity contribution in [3.63, 3.8) is 0 Å². The van der Waals surface area contributed by atoms with Crippen LogP contribution in [0, 0.1) is 5.92 Å². The van der Waals surface area contributed by atoms with Crippen LogP contribution in [0.3, 0.4) is 0 Å². The van der Waals surface area contributed by atoms with Crippen molar-refractivity contribution in [3.05, 3.63) is 108 Å². The molecule has 1 aliphatic rings. The molecule has 0 aliphatic heterocycles. The smallest absolute Gasteiger partial charge is 0.261 e. The number of hydrogen-bond acceptors (Lipinski definition) is 3. The molecular formula is C32H34N2OS. The number of aromatic nitrogens is 2. The lowest BCUT2D eigenvalue weighted by Gasteiger charge is -2.28. The summed E-state index contributed by atoms with van der Waals surface area (Å²) in [5.41, 5.74) is 5.60. The van der Waals surface area contributed by atoms with E-state index < -0.39 is 0 Å². The summed E-state index contributed by atoms with van der Waals surface area (Å²) in [4.78, 5) is 15.5. The second kappa shape index (κ2) is 10.9. The number of fused-ring (bicyclic) bond motifs is 1. The van der Waals surface area contributed by atoms with Crippen LogP contribution in [0.1, 0.15) is 67.1 Å². The highest BCUT2D eigenvalue weighted by molar-refractivity contribution is 8.00. The zero-order valence-corrected chi connectivity index (χ0v) is 22.1. The topological polar surface area (TPSA) is 34.9 Å². The summed E-state index contributed by atoms with van der Waals surface area (Å²) >= 11 is 1.63. The average molecular weight is 495 g/mol. The molecule has 36 heavy (non-hydrogen) atoms. The third kappa shape index (κ3) is 5.05. The van der Waals surface area contributed by atoms with Gasteiger partial charge >= 0.3 is 0 Å². The van der Waals surface area contributed by atoms with Gasteiger partial charge in [-0.15, -0.1) is 11.8 Å². The predicted octanol–water partition coefficient (Wildman–Crippen LogP) is 8.23. The molecule has 1 aliphatic carbocycles. The van der Waals surface area contributed by atoms with Crippen molar-refractivity contribution in [2.24, 2.45) is 5.92 Å². The number of nitrogens with zero attached hydrogens (tertiary/aromatic N) is 2. The fourth-order valence-corrected chi connectivity index (χ4v) is 6.53. The zero-order chi connectivity index (χ0) is 25.1. The SMILES string of the molecule is CC(C)[C@@H]1CC[C@@H](C)c2c1nn(C(=O)[C@@H](Cc1ccccc1)Sc1ccccc1)c2-c1ccccc1. The first-order chi connectivity index (χ1) is 17.5. The van der Waals surface area contributed by atoms with Gasteiger partial charge in [0.1, 0.15) is 0 Å². The molecule has 184 valence electrons. The van der Waals surface area contributed by atoms with Gasteiger partial charge in [-0.1, -0.05) is 99.6 Å². The fraction of sp³-hybridized carbons (Fsp3) is 0.312. The molecule has 0 bridgehead atoms. The predicted molar refractivity (Wildman–Crippen MR) is 150 cm³/mol. The van der Waals surface area contributed by atoms with Crippen molar-refractivity contribution >= 4 is 17.7 Å². The van der Waals surface area contributed by atoms with Gasteiger partial charge in [0.2, 0.25) is 0 Å². The van der Waals surface area contributed by atoms with E-state index in [1.807, 2.05) is 42.5 Å². The molecule has 0 radical (unpaired) electrons. The van der Waals surface area contributed by atoms with E-state index in [-0.39, 0.29) is 11.2 Å². The molecule has 3 nitrogen and oxygen atoms in total. The summed E-state index contributed by atoms with van der Waals surface area (Å²) in [6.45, 7) is 6.84. The van der Waals surface area contributed by atoms with Gasteiger partial charge in [-0.2, -0.15) is 9.78 Å². The quantitative estimate of drug-likeness (QED) is 0.243. The minimum Gasteiger partial charge on any atom is -0.271 e. The molecule has 0 spiro atoms. The van der Waals surface area contributed by atoms with Crippen LogP contribution in [-0.4, -0.2) is 20.9 Å². The summed E-state index contributed by atoms with van der Waals surface area (Å²) in [5.74, 6) is 1.29. The Morgan fingerprint density at radius 1 is 0.917 bits per heavy atom. The summed E-state index contributed by atoms with van der Waals surface area (Å²) in [7, 11) is 0. The molecule has 0 N–H and O–H groups in total. The van der Waals surface area contributed by atoms with Crippen LogP contribution in [0.4, 0.5) is 0 Å². The number of carbonyl (C=O) groups excluding carboxylic acids is 1. The van der Waals surface area contributed by atoms with Gasteiger partial charge in [-0.3, -0.25) is 4.79 Å². The molecule has 1 aromatic heterocycles. The Labute approximate surface area is 219 Å². The second-order valence-electron chi connectivity index (χ2n) is 10.2. The average Bonchev–Trinajstić information content (AvgIpc) is 3.31. The van der Waals surface area contributed by atoms with E-state index in [1.54, 1.807) is 16.4 Å². The van der Waals surface area contributed by atoms with E-state index in [4.69, 9.17) is 5.10 Å². The maximum Gasteiger partial charge on any atom is 0.261 e. The van der Waals surface area contributed by atoms with E-state index in [0.29, 0.717) is 24.2 Å². The molecule has 3 aromatic carbocycles. The molecular weight excluding hydrogens is 460 g/mol. The maximum absolute atomic E-state index is 14.4. The van der Waals surface area contributed by atoms with Crippen molar-refractivity contribution in [2.45, 2.75) is 62.0 Å². The summed E-state index contributed by atoms with van der Waals surface area (Å²) in [5, 5.41) is 4.85. The van der Waals surface area contributed by atoms with Gasteiger partial charge in [0.25, 0.3) is 5.91 Å². The zero-order valence-electron chi connectivity index (χ0n) is 21.3. The van der Waals surface area contributed by atoms with Crippen LogP contribution in [0.25, 0.3) is 11.3 Å². The molecule has 4 aromatic rings. The lowest BCUT2D eigenvalue weighted by Crippen LogP contribution is -2.28. The van der Waals surface area contributed by atoms with Crippen LogP contribution in [0.15, 0.2) is 95.9 Å². The van der Waals surface area contributed by atoms with Crippen molar-refractivity contribution in [1.82, 2.24) is 9.78 Å². The van der Waals surface area contributed by atoms with E-state index in [1.165, 1.54) is 5.56 Å². The Kier molecular flexibility index (Phi) is 7.43. The third-order valence-corrected chi connectivity index (χ3v) is 8.52. The number of benzene rings is 3. The molecule has 0 fully saturated rings. The molecule has 5 rings (SSSR count). The molecule has 0 saturated carbocycles. The van der Waals surface area contributed by atoms with E-state index in [0.717, 1.165) is 40.3 Å². The Bertz CT molecular complexity index is 1260. The molecule has 0 saturated heterocycles. The van der Waals surface area contributed by atoms with Crippen molar-refractivity contribution in [2.75, 3.05) is 0 Å². The van der Waals surface area contributed by atoms with Crippen LogP contribution < -0.4 is 0 Å². The number of thioether (sulfide) groups is 1. The molecule has 1 heterocycles. The molecule has 0 amide bonds. The van der Waals surface area contributed by atoms with Gasteiger partial charge in [0.15, 0.2) is 0 Å². The lowest BCUT2D eigenvalue weighted by molar-refractivity contribution is 0.0895. The largest absolute Gasteiger partial charge is 0.271 e. The maximum atomic E-state index is 14.4. The van der Waals surface area contributed by atoms with Crippen LogP contribution in [0.2, 0.25) is 0 Å². The monoisotopic (exact) mass is 494 g/mol. The Hall–Kier alpha value is -3.11. The van der Waals surface area contributed by atoms with Gasteiger partial charge in [0.05, 0.1) is 16.6 Å². The number of carbonyl (C=O) groups is 1. The van der Waals surface area contributed by atoms with E-state index in [9.17, 15) is 4.79 Å². The Morgan fingerprint density at radius 3 is 2.17 bits per heavy atom. The summed E-state index contributed by atoms with van der Waals surface area (Å²) in [6.07, 6.45) is 2.90. The first-order valence-corrected chi connectivity index (χ1v) is 13.9. The summed E-state index contributed by atoms with van der Waals surface area (Å²) < 4.78 is 1.76. The minimum atomic E-state index is -0.286. The van der Waals surface area contributed by atoms with Crippen LogP contribution in [0.5, 0.6) is 0 Å². The number of hydrogen-bond donors (Lipinski definition) is 0. The number of rotatable bonds is 7. The highest BCUT2D eigenvalue weighted by Crippen LogP contribution is 2.46. The van der Waals surface area contributed by atoms with Crippen LogP contribution in [-0.2, 0) is 6.42 Å². The van der Waals surface area contributed by atoms with E-state index in [2.05, 4.69) is 69.3 Å². The normalized spacial score (nSPS) is 18.1. The molecule has 0 unspecified atom stereocenters. The standard InChI is InChI=1S/C32H34N2OS/c1-22(2)27-20-19-23(3)29-30(27)33-34(31(29)25-15-9-5-10-16-25)32(35)28(21-24-13-7-4-8-14-24)36-26-17-11-6-12-18-26/h4-18,22-23,27-28H,19-21H2,1-3H3/t23-,27+,28-/m1/s1. The van der Waals surface area contributed by atoms with Crippen molar-refractivity contribution in [3.8, 4) is 11.3 Å². The molecule has 3 atom stereocenters. The minimum absolute atomic E-state index is 0.0515. The third-order valence-electron chi connectivity index (χ3n) is 7.33. The fourth-order valence-electron chi connectivity index (χ4n) is 5.41. The molecule has 4 heteroatoms. The Balaban J connectivity index is 1.63.